The van der Waals surface area contributed by atoms with Crippen molar-refractivity contribution in [3.05, 3.63) is 175 Å². The molecule has 0 aliphatic rings. The van der Waals surface area contributed by atoms with Gasteiger partial charge in [-0.1, -0.05) is 152 Å². The minimum atomic E-state index is 1.11. The molecule has 186 valence electrons. The first kappa shape index (κ1) is 24.2. The highest BCUT2D eigenvalue weighted by Gasteiger charge is 2.19. The van der Waals surface area contributed by atoms with E-state index < -0.39 is 0 Å². The summed E-state index contributed by atoms with van der Waals surface area (Å²) in [5.74, 6) is 0. The zero-order valence-corrected chi connectivity index (χ0v) is 21.7. The molecule has 0 bridgehead atoms. The smallest absolute Gasteiger partial charge is 0.0540 e. The summed E-state index contributed by atoms with van der Waals surface area (Å²) in [4.78, 5) is 2.38. The van der Waals surface area contributed by atoms with Gasteiger partial charge in [0.2, 0.25) is 0 Å². The van der Waals surface area contributed by atoms with Crippen LogP contribution in [0.1, 0.15) is 11.1 Å². The van der Waals surface area contributed by atoms with Crippen LogP contribution >= 0.6 is 0 Å². The molecule has 0 atom stereocenters. The van der Waals surface area contributed by atoms with Crippen LogP contribution in [0.5, 0.6) is 0 Å². The largest absolute Gasteiger partial charge is 0.309 e. The Bertz CT molecular complexity index is 1590. The number of anilines is 3. The SMILES string of the molecule is C(=Cc1ccc(N(c2ccccc2-c2ccccc2)c2ccccc2-c2ccccc2)cc1)c1ccccc1. The van der Waals surface area contributed by atoms with E-state index in [9.17, 15) is 0 Å². The van der Waals surface area contributed by atoms with Crippen molar-refractivity contribution in [1.82, 2.24) is 0 Å². The van der Waals surface area contributed by atoms with Crippen molar-refractivity contribution in [3.8, 4) is 22.3 Å². The van der Waals surface area contributed by atoms with Gasteiger partial charge in [0.25, 0.3) is 0 Å². The monoisotopic (exact) mass is 499 g/mol. The molecule has 0 aliphatic heterocycles. The van der Waals surface area contributed by atoms with E-state index in [-0.39, 0.29) is 0 Å². The van der Waals surface area contributed by atoms with Crippen LogP contribution in [0.25, 0.3) is 34.4 Å². The highest BCUT2D eigenvalue weighted by atomic mass is 15.1. The summed E-state index contributed by atoms with van der Waals surface area (Å²) >= 11 is 0. The standard InChI is InChI=1S/C38H29N/c1-4-14-30(15-5-1)24-25-31-26-28-34(29-27-31)39(37-22-12-10-20-35(37)32-16-6-2-7-17-32)38-23-13-11-21-36(38)33-18-8-3-9-19-33/h1-29H. The van der Waals surface area contributed by atoms with Gasteiger partial charge >= 0.3 is 0 Å². The first-order valence-corrected chi connectivity index (χ1v) is 13.3. The van der Waals surface area contributed by atoms with E-state index in [4.69, 9.17) is 0 Å². The van der Waals surface area contributed by atoms with Crippen LogP contribution in [0.4, 0.5) is 17.1 Å². The van der Waals surface area contributed by atoms with E-state index in [1.165, 1.54) is 27.8 Å². The van der Waals surface area contributed by atoms with Crippen molar-refractivity contribution in [3.63, 3.8) is 0 Å². The minimum Gasteiger partial charge on any atom is -0.309 e. The van der Waals surface area contributed by atoms with Gasteiger partial charge in [-0.15, -0.1) is 0 Å². The number of nitrogens with zero attached hydrogens (tertiary/aromatic N) is 1. The normalized spacial score (nSPS) is 11.0. The molecule has 0 heterocycles. The zero-order valence-electron chi connectivity index (χ0n) is 21.7. The second-order valence-corrected chi connectivity index (χ2v) is 9.44. The molecule has 0 amide bonds. The van der Waals surface area contributed by atoms with E-state index in [0.29, 0.717) is 0 Å². The van der Waals surface area contributed by atoms with Crippen molar-refractivity contribution in [2.45, 2.75) is 0 Å². The van der Waals surface area contributed by atoms with Gasteiger partial charge in [0.1, 0.15) is 0 Å². The summed E-state index contributed by atoms with van der Waals surface area (Å²) < 4.78 is 0. The van der Waals surface area contributed by atoms with E-state index >= 15 is 0 Å². The molecular formula is C38H29N. The molecule has 6 rings (SSSR count). The average molecular weight is 500 g/mol. The maximum atomic E-state index is 2.38. The average Bonchev–Trinajstić information content (AvgIpc) is 3.03. The molecule has 6 aromatic rings. The molecule has 0 radical (unpaired) electrons. The number of rotatable bonds is 7. The summed E-state index contributed by atoms with van der Waals surface area (Å²) in [5, 5.41) is 0. The van der Waals surface area contributed by atoms with Crippen LogP contribution in [-0.4, -0.2) is 0 Å². The first-order chi connectivity index (χ1) is 19.4. The van der Waals surface area contributed by atoms with Crippen LogP contribution < -0.4 is 4.90 Å². The molecule has 1 nitrogen and oxygen atoms in total. The molecule has 0 unspecified atom stereocenters. The summed E-state index contributed by atoms with van der Waals surface area (Å²) in [7, 11) is 0. The van der Waals surface area contributed by atoms with E-state index in [0.717, 1.165) is 22.6 Å². The molecule has 0 fully saturated rings. The number of benzene rings is 6. The maximum absolute atomic E-state index is 2.38. The van der Waals surface area contributed by atoms with Gasteiger partial charge in [-0.05, 0) is 46.5 Å². The molecule has 0 aliphatic carbocycles. The highest BCUT2D eigenvalue weighted by Crippen LogP contribution is 2.44. The Hall–Kier alpha value is -5.14. The molecular weight excluding hydrogens is 470 g/mol. The van der Waals surface area contributed by atoms with Crippen molar-refractivity contribution >= 4 is 29.2 Å². The van der Waals surface area contributed by atoms with Crippen molar-refractivity contribution < 1.29 is 0 Å². The zero-order chi connectivity index (χ0) is 26.3. The van der Waals surface area contributed by atoms with Crippen LogP contribution in [-0.2, 0) is 0 Å². The summed E-state index contributed by atoms with van der Waals surface area (Å²) in [5.41, 5.74) is 10.5. The lowest BCUT2D eigenvalue weighted by Gasteiger charge is -2.30. The number of hydrogen-bond acceptors (Lipinski definition) is 1. The van der Waals surface area contributed by atoms with Gasteiger partial charge in [0, 0.05) is 16.8 Å². The summed E-state index contributed by atoms with van der Waals surface area (Å²) in [6.45, 7) is 0. The molecule has 6 aromatic carbocycles. The summed E-state index contributed by atoms with van der Waals surface area (Å²) in [6.07, 6.45) is 4.32. The highest BCUT2D eigenvalue weighted by molar-refractivity contribution is 5.93. The second kappa shape index (κ2) is 11.5. The lowest BCUT2D eigenvalue weighted by atomic mass is 9.98. The van der Waals surface area contributed by atoms with Gasteiger partial charge in [-0.3, -0.25) is 0 Å². The predicted molar refractivity (Wildman–Crippen MR) is 167 cm³/mol. The van der Waals surface area contributed by atoms with Crippen LogP contribution in [0.15, 0.2) is 164 Å². The topological polar surface area (TPSA) is 3.24 Å². The Morgan fingerprint density at radius 1 is 0.333 bits per heavy atom. The fourth-order valence-corrected chi connectivity index (χ4v) is 4.96. The molecule has 1 heteroatoms. The van der Waals surface area contributed by atoms with Crippen molar-refractivity contribution in [2.75, 3.05) is 4.90 Å². The maximum Gasteiger partial charge on any atom is 0.0540 e. The quantitative estimate of drug-likeness (QED) is 0.197. The third-order valence-electron chi connectivity index (χ3n) is 6.88. The van der Waals surface area contributed by atoms with Crippen molar-refractivity contribution in [1.29, 1.82) is 0 Å². The molecule has 0 spiro atoms. The number of para-hydroxylation sites is 2. The minimum absolute atomic E-state index is 1.11. The molecule has 0 N–H and O–H groups in total. The Morgan fingerprint density at radius 2 is 0.718 bits per heavy atom. The van der Waals surface area contributed by atoms with Gasteiger partial charge in [0.05, 0.1) is 11.4 Å². The number of hydrogen-bond donors (Lipinski definition) is 0. The molecule has 0 saturated heterocycles. The predicted octanol–water partition coefficient (Wildman–Crippen LogP) is 10.7. The van der Waals surface area contributed by atoms with Crippen LogP contribution in [0.2, 0.25) is 0 Å². The lowest BCUT2D eigenvalue weighted by Crippen LogP contribution is -2.12. The van der Waals surface area contributed by atoms with Crippen LogP contribution in [0.3, 0.4) is 0 Å². The first-order valence-electron chi connectivity index (χ1n) is 13.3. The van der Waals surface area contributed by atoms with E-state index in [2.05, 4.69) is 175 Å². The fourth-order valence-electron chi connectivity index (χ4n) is 4.96. The second-order valence-electron chi connectivity index (χ2n) is 9.44. The Labute approximate surface area is 231 Å². The molecule has 0 saturated carbocycles. The third kappa shape index (κ3) is 5.44. The van der Waals surface area contributed by atoms with Crippen LogP contribution in [0, 0.1) is 0 Å². The van der Waals surface area contributed by atoms with Gasteiger partial charge in [-0.25, -0.2) is 0 Å². The van der Waals surface area contributed by atoms with E-state index in [1.807, 2.05) is 6.07 Å². The Balaban J connectivity index is 1.49. The molecule has 39 heavy (non-hydrogen) atoms. The summed E-state index contributed by atoms with van der Waals surface area (Å²) in [6, 6.07) is 57.8. The Kier molecular flexibility index (Phi) is 7.14. The third-order valence-corrected chi connectivity index (χ3v) is 6.88. The van der Waals surface area contributed by atoms with E-state index in [1.54, 1.807) is 0 Å². The van der Waals surface area contributed by atoms with Crippen molar-refractivity contribution in [2.24, 2.45) is 0 Å². The Morgan fingerprint density at radius 3 is 1.21 bits per heavy atom. The fraction of sp³-hybridized carbons (Fsp3) is 0. The van der Waals surface area contributed by atoms with Gasteiger partial charge in [0.15, 0.2) is 0 Å². The molecule has 0 aromatic heterocycles. The van der Waals surface area contributed by atoms with Gasteiger partial charge in [-0.2, -0.15) is 0 Å². The van der Waals surface area contributed by atoms with Gasteiger partial charge < -0.3 is 4.90 Å². The lowest BCUT2D eigenvalue weighted by molar-refractivity contribution is 1.28.